The summed E-state index contributed by atoms with van der Waals surface area (Å²) in [6.45, 7) is 1.98. The fourth-order valence-corrected chi connectivity index (χ4v) is 3.32. The maximum Gasteiger partial charge on any atom is 0.245 e. The number of amides is 3. The van der Waals surface area contributed by atoms with Crippen molar-refractivity contribution in [2.45, 2.75) is 31.7 Å². The second kappa shape index (κ2) is 7.63. The first kappa shape index (κ1) is 17.4. The molecule has 1 aromatic rings. The lowest BCUT2D eigenvalue weighted by molar-refractivity contribution is -0.135. The minimum absolute atomic E-state index is 0.0271. The maximum absolute atomic E-state index is 13.7. The molecule has 2 fully saturated rings. The smallest absolute Gasteiger partial charge is 0.245 e. The highest BCUT2D eigenvalue weighted by atomic mass is 19.1. The molecular formula is C18H22FN3O3. The van der Waals surface area contributed by atoms with Crippen molar-refractivity contribution in [3.63, 3.8) is 0 Å². The molecule has 3 rings (SSSR count). The van der Waals surface area contributed by atoms with Gasteiger partial charge in [-0.1, -0.05) is 18.2 Å². The maximum atomic E-state index is 13.7. The molecule has 2 aliphatic rings. The number of carbonyl (C=O) groups excluding carboxylic acids is 3. The fraction of sp³-hybridized carbons (Fsp3) is 0.500. The summed E-state index contributed by atoms with van der Waals surface area (Å²) in [5, 5.41) is 2.69. The second-order valence-electron chi connectivity index (χ2n) is 6.49. The number of rotatable bonds is 3. The molecule has 2 aliphatic heterocycles. The summed E-state index contributed by atoms with van der Waals surface area (Å²) in [6.07, 6.45) is 1.62. The molecule has 2 heterocycles. The first-order valence-electron chi connectivity index (χ1n) is 8.64. The minimum Gasteiger partial charge on any atom is -0.344 e. The third kappa shape index (κ3) is 4.15. The summed E-state index contributed by atoms with van der Waals surface area (Å²) in [5.74, 6) is -0.669. The van der Waals surface area contributed by atoms with Crippen LogP contribution < -0.4 is 5.32 Å². The quantitative estimate of drug-likeness (QED) is 0.875. The van der Waals surface area contributed by atoms with Crippen molar-refractivity contribution in [2.75, 3.05) is 26.2 Å². The Bertz CT molecular complexity index is 679. The van der Waals surface area contributed by atoms with Gasteiger partial charge in [0.15, 0.2) is 0 Å². The van der Waals surface area contributed by atoms with Crippen molar-refractivity contribution < 1.29 is 18.8 Å². The molecule has 1 atom stereocenters. The molecule has 2 saturated heterocycles. The van der Waals surface area contributed by atoms with E-state index in [9.17, 15) is 18.8 Å². The van der Waals surface area contributed by atoms with E-state index in [-0.39, 0.29) is 30.0 Å². The molecule has 0 radical (unpaired) electrons. The van der Waals surface area contributed by atoms with Crippen LogP contribution in [0.1, 0.15) is 24.8 Å². The Morgan fingerprint density at radius 1 is 1.12 bits per heavy atom. The molecule has 1 N–H and O–H groups in total. The molecule has 7 heteroatoms. The first-order valence-corrected chi connectivity index (χ1v) is 8.64. The zero-order chi connectivity index (χ0) is 17.8. The van der Waals surface area contributed by atoms with E-state index in [1.165, 1.54) is 6.07 Å². The molecule has 134 valence electrons. The van der Waals surface area contributed by atoms with Gasteiger partial charge in [0.1, 0.15) is 11.9 Å². The molecule has 25 heavy (non-hydrogen) atoms. The molecule has 3 amide bonds. The highest BCUT2D eigenvalue weighted by molar-refractivity contribution is 5.90. The highest BCUT2D eigenvalue weighted by Gasteiger charge is 2.32. The molecule has 6 nitrogen and oxygen atoms in total. The van der Waals surface area contributed by atoms with Gasteiger partial charge in [-0.3, -0.25) is 14.4 Å². The van der Waals surface area contributed by atoms with Crippen molar-refractivity contribution in [1.29, 1.82) is 0 Å². The van der Waals surface area contributed by atoms with Gasteiger partial charge in [-0.15, -0.1) is 0 Å². The van der Waals surface area contributed by atoms with E-state index in [0.29, 0.717) is 51.0 Å². The summed E-state index contributed by atoms with van der Waals surface area (Å²) in [7, 11) is 0. The van der Waals surface area contributed by atoms with E-state index >= 15 is 0 Å². The van der Waals surface area contributed by atoms with Crippen LogP contribution in [0, 0.1) is 5.82 Å². The van der Waals surface area contributed by atoms with Gasteiger partial charge < -0.3 is 15.1 Å². The Balaban J connectivity index is 1.56. The largest absolute Gasteiger partial charge is 0.344 e. The normalized spacial score (nSPS) is 21.0. The lowest BCUT2D eigenvalue weighted by atomic mass is 10.1. The van der Waals surface area contributed by atoms with Crippen LogP contribution in [0.5, 0.6) is 0 Å². The number of carbonyl (C=O) groups is 3. The Labute approximate surface area is 146 Å². The number of halogens is 1. The van der Waals surface area contributed by atoms with Crippen molar-refractivity contribution in [2.24, 2.45) is 0 Å². The van der Waals surface area contributed by atoms with Gasteiger partial charge in [0.2, 0.25) is 17.7 Å². The van der Waals surface area contributed by atoms with Crippen LogP contribution in [0.25, 0.3) is 0 Å². The Morgan fingerprint density at radius 2 is 1.84 bits per heavy atom. The van der Waals surface area contributed by atoms with E-state index in [0.717, 1.165) is 0 Å². The number of hydrogen-bond donors (Lipinski definition) is 1. The highest BCUT2D eigenvalue weighted by Crippen LogP contribution is 2.14. The van der Waals surface area contributed by atoms with Gasteiger partial charge in [-0.25, -0.2) is 4.39 Å². The van der Waals surface area contributed by atoms with E-state index in [4.69, 9.17) is 0 Å². The van der Waals surface area contributed by atoms with Gasteiger partial charge in [0.25, 0.3) is 0 Å². The summed E-state index contributed by atoms with van der Waals surface area (Å²) in [4.78, 5) is 39.6. The summed E-state index contributed by atoms with van der Waals surface area (Å²) in [5.41, 5.74) is 0.387. The third-order valence-electron chi connectivity index (χ3n) is 4.75. The summed E-state index contributed by atoms with van der Waals surface area (Å²) < 4.78 is 13.7. The van der Waals surface area contributed by atoms with E-state index in [2.05, 4.69) is 5.32 Å². The van der Waals surface area contributed by atoms with E-state index in [1.807, 2.05) is 0 Å². The van der Waals surface area contributed by atoms with Crippen LogP contribution in [0.15, 0.2) is 24.3 Å². The van der Waals surface area contributed by atoms with Gasteiger partial charge in [-0.2, -0.15) is 0 Å². The van der Waals surface area contributed by atoms with Gasteiger partial charge >= 0.3 is 0 Å². The summed E-state index contributed by atoms with van der Waals surface area (Å²) in [6, 6.07) is 5.84. The van der Waals surface area contributed by atoms with E-state index < -0.39 is 6.04 Å². The van der Waals surface area contributed by atoms with Crippen LogP contribution in [-0.4, -0.2) is 59.7 Å². The van der Waals surface area contributed by atoms with Crippen molar-refractivity contribution in [3.05, 3.63) is 35.6 Å². The molecular weight excluding hydrogens is 325 g/mol. The average Bonchev–Trinajstić information content (AvgIpc) is 2.89. The standard InChI is InChI=1S/C18H22FN3O3/c19-14-5-2-1-4-13(14)12-17(24)21-8-3-9-22(11-10-21)18(25)15-6-7-16(23)20-15/h1-2,4-5,15H,3,6-12H2,(H,20,23). The summed E-state index contributed by atoms with van der Waals surface area (Å²) >= 11 is 0. The minimum atomic E-state index is -0.437. The van der Waals surface area contributed by atoms with E-state index in [1.54, 1.807) is 28.0 Å². The van der Waals surface area contributed by atoms with Gasteiger partial charge in [0.05, 0.1) is 6.42 Å². The third-order valence-corrected chi connectivity index (χ3v) is 4.75. The number of nitrogens with zero attached hydrogens (tertiary/aromatic N) is 2. The molecule has 0 bridgehead atoms. The topological polar surface area (TPSA) is 69.7 Å². The zero-order valence-electron chi connectivity index (χ0n) is 14.0. The molecule has 0 aliphatic carbocycles. The molecule has 1 unspecified atom stereocenters. The van der Waals surface area contributed by atoms with Crippen LogP contribution in [0.2, 0.25) is 0 Å². The number of hydrogen-bond acceptors (Lipinski definition) is 3. The second-order valence-corrected chi connectivity index (χ2v) is 6.49. The number of benzene rings is 1. The van der Waals surface area contributed by atoms with Crippen LogP contribution in [0.3, 0.4) is 0 Å². The van der Waals surface area contributed by atoms with Crippen LogP contribution in [-0.2, 0) is 20.8 Å². The molecule has 0 saturated carbocycles. The Morgan fingerprint density at radius 3 is 2.56 bits per heavy atom. The molecule has 0 aromatic heterocycles. The Hall–Kier alpha value is -2.44. The van der Waals surface area contributed by atoms with Gasteiger partial charge in [0, 0.05) is 32.6 Å². The number of nitrogens with one attached hydrogen (secondary N) is 1. The lowest BCUT2D eigenvalue weighted by Crippen LogP contribution is -2.46. The van der Waals surface area contributed by atoms with Crippen molar-refractivity contribution >= 4 is 17.7 Å². The Kier molecular flexibility index (Phi) is 5.31. The molecule has 1 aromatic carbocycles. The lowest BCUT2D eigenvalue weighted by Gasteiger charge is -2.24. The average molecular weight is 347 g/mol. The monoisotopic (exact) mass is 347 g/mol. The van der Waals surface area contributed by atoms with Crippen LogP contribution in [0.4, 0.5) is 4.39 Å². The molecule has 0 spiro atoms. The van der Waals surface area contributed by atoms with Crippen LogP contribution >= 0.6 is 0 Å². The zero-order valence-corrected chi connectivity index (χ0v) is 14.0. The SMILES string of the molecule is O=C1CCC(C(=O)N2CCCN(C(=O)Cc3ccccc3F)CC2)N1. The predicted molar refractivity (Wildman–Crippen MR) is 89.0 cm³/mol. The van der Waals surface area contributed by atoms with Gasteiger partial charge in [-0.05, 0) is 24.5 Å². The van der Waals surface area contributed by atoms with Crippen molar-refractivity contribution in [1.82, 2.24) is 15.1 Å². The van der Waals surface area contributed by atoms with Crippen molar-refractivity contribution in [3.8, 4) is 0 Å². The fourth-order valence-electron chi connectivity index (χ4n) is 3.32. The first-order chi connectivity index (χ1) is 12.0. The predicted octanol–water partition coefficient (Wildman–Crippen LogP) is 0.708.